The molecule has 110 valence electrons. The Morgan fingerprint density at radius 2 is 2.00 bits per heavy atom. The Hall–Kier alpha value is -2.20. The van der Waals surface area contributed by atoms with E-state index in [1.54, 1.807) is 17.2 Å². The number of carbonyl (C=O) groups excluding carboxylic acids is 1. The summed E-state index contributed by atoms with van der Waals surface area (Å²) < 4.78 is 0. The van der Waals surface area contributed by atoms with Gasteiger partial charge in [-0.1, -0.05) is 30.3 Å². The molecule has 0 bridgehead atoms. The van der Waals surface area contributed by atoms with Gasteiger partial charge in [0.15, 0.2) is 0 Å². The van der Waals surface area contributed by atoms with Gasteiger partial charge in [0.1, 0.15) is 5.69 Å². The van der Waals surface area contributed by atoms with Crippen LogP contribution in [0.4, 0.5) is 0 Å². The lowest BCUT2D eigenvalue weighted by Crippen LogP contribution is -2.31. The number of benzene rings is 1. The molecule has 0 aliphatic heterocycles. The molecular formula is C17H21N3O. The van der Waals surface area contributed by atoms with E-state index >= 15 is 0 Å². The standard InChI is InChI=1S/C17H21N3O/c1-3-20(12-15-7-5-4-6-13(15)2)17(21)16-9-8-14(10-18)11-19-16/h4-9,11H,3,10,12,18H2,1-2H3. The van der Waals surface area contributed by atoms with Crippen LogP contribution in [0.5, 0.6) is 0 Å². The number of hydrogen-bond donors (Lipinski definition) is 1. The number of carbonyl (C=O) groups is 1. The molecule has 1 aromatic carbocycles. The van der Waals surface area contributed by atoms with Crippen LogP contribution in [0.3, 0.4) is 0 Å². The molecule has 0 saturated heterocycles. The second-order valence-corrected chi connectivity index (χ2v) is 5.00. The second-order valence-electron chi connectivity index (χ2n) is 5.00. The monoisotopic (exact) mass is 283 g/mol. The number of amides is 1. The summed E-state index contributed by atoms with van der Waals surface area (Å²) in [6.07, 6.45) is 1.66. The van der Waals surface area contributed by atoms with Crippen molar-refractivity contribution in [1.82, 2.24) is 9.88 Å². The van der Waals surface area contributed by atoms with E-state index in [9.17, 15) is 4.79 Å². The van der Waals surface area contributed by atoms with Gasteiger partial charge in [0.05, 0.1) is 0 Å². The summed E-state index contributed by atoms with van der Waals surface area (Å²) in [5.41, 5.74) is 9.28. The number of hydrogen-bond acceptors (Lipinski definition) is 3. The summed E-state index contributed by atoms with van der Waals surface area (Å²) in [5, 5.41) is 0. The van der Waals surface area contributed by atoms with Crippen LogP contribution in [-0.2, 0) is 13.1 Å². The largest absolute Gasteiger partial charge is 0.333 e. The molecule has 0 spiro atoms. The number of aromatic nitrogens is 1. The van der Waals surface area contributed by atoms with Crippen molar-refractivity contribution in [2.45, 2.75) is 26.9 Å². The normalized spacial score (nSPS) is 10.4. The molecule has 4 heteroatoms. The first kappa shape index (κ1) is 15.2. The molecule has 0 aliphatic carbocycles. The summed E-state index contributed by atoms with van der Waals surface area (Å²) in [6.45, 7) is 5.71. The lowest BCUT2D eigenvalue weighted by Gasteiger charge is -2.21. The third-order valence-electron chi connectivity index (χ3n) is 3.57. The topological polar surface area (TPSA) is 59.2 Å². The molecule has 21 heavy (non-hydrogen) atoms. The van der Waals surface area contributed by atoms with E-state index in [1.165, 1.54) is 5.56 Å². The molecule has 2 aromatic rings. The molecule has 0 radical (unpaired) electrons. The predicted octanol–water partition coefficient (Wildman–Crippen LogP) is 2.51. The van der Waals surface area contributed by atoms with Crippen molar-refractivity contribution in [1.29, 1.82) is 0 Å². The molecule has 0 fully saturated rings. The van der Waals surface area contributed by atoms with Gasteiger partial charge in [-0.15, -0.1) is 0 Å². The molecule has 2 N–H and O–H groups in total. The van der Waals surface area contributed by atoms with Crippen LogP contribution in [0.25, 0.3) is 0 Å². The van der Waals surface area contributed by atoms with E-state index in [4.69, 9.17) is 5.73 Å². The number of aryl methyl sites for hydroxylation is 1. The van der Waals surface area contributed by atoms with E-state index in [1.807, 2.05) is 25.1 Å². The third kappa shape index (κ3) is 3.67. The van der Waals surface area contributed by atoms with E-state index < -0.39 is 0 Å². The number of nitrogens with two attached hydrogens (primary N) is 1. The van der Waals surface area contributed by atoms with Crippen LogP contribution < -0.4 is 5.73 Å². The minimum Gasteiger partial charge on any atom is -0.333 e. The van der Waals surface area contributed by atoms with Gasteiger partial charge in [-0.2, -0.15) is 0 Å². The molecule has 4 nitrogen and oxygen atoms in total. The quantitative estimate of drug-likeness (QED) is 0.917. The summed E-state index contributed by atoms with van der Waals surface area (Å²) >= 11 is 0. The summed E-state index contributed by atoms with van der Waals surface area (Å²) in [5.74, 6) is -0.0516. The summed E-state index contributed by atoms with van der Waals surface area (Å²) in [6, 6.07) is 11.7. The highest BCUT2D eigenvalue weighted by Crippen LogP contribution is 2.12. The van der Waals surface area contributed by atoms with Crippen LogP contribution in [0, 0.1) is 6.92 Å². The molecule has 1 heterocycles. The fraction of sp³-hybridized carbons (Fsp3) is 0.294. The van der Waals surface area contributed by atoms with Crippen LogP contribution in [0.2, 0.25) is 0 Å². The Morgan fingerprint density at radius 1 is 1.24 bits per heavy atom. The van der Waals surface area contributed by atoms with E-state index in [2.05, 4.69) is 24.0 Å². The Labute approximate surface area is 125 Å². The zero-order valence-corrected chi connectivity index (χ0v) is 12.5. The van der Waals surface area contributed by atoms with Gasteiger partial charge in [0.25, 0.3) is 5.91 Å². The van der Waals surface area contributed by atoms with Gasteiger partial charge in [0, 0.05) is 25.8 Å². The van der Waals surface area contributed by atoms with E-state index in [0.29, 0.717) is 25.3 Å². The van der Waals surface area contributed by atoms with Crippen molar-refractivity contribution in [2.75, 3.05) is 6.54 Å². The van der Waals surface area contributed by atoms with Crippen molar-refractivity contribution in [3.05, 3.63) is 65.0 Å². The maximum absolute atomic E-state index is 12.5. The summed E-state index contributed by atoms with van der Waals surface area (Å²) in [4.78, 5) is 18.5. The van der Waals surface area contributed by atoms with Gasteiger partial charge < -0.3 is 10.6 Å². The minimum absolute atomic E-state index is 0.0516. The van der Waals surface area contributed by atoms with Crippen molar-refractivity contribution in [3.8, 4) is 0 Å². The minimum atomic E-state index is -0.0516. The first-order valence-electron chi connectivity index (χ1n) is 7.14. The Bertz CT molecular complexity index is 608. The van der Waals surface area contributed by atoms with Crippen molar-refractivity contribution in [2.24, 2.45) is 5.73 Å². The molecule has 1 aromatic heterocycles. The molecule has 2 rings (SSSR count). The smallest absolute Gasteiger partial charge is 0.272 e. The van der Waals surface area contributed by atoms with Crippen molar-refractivity contribution < 1.29 is 4.79 Å². The van der Waals surface area contributed by atoms with E-state index in [0.717, 1.165) is 11.1 Å². The highest BCUT2D eigenvalue weighted by atomic mass is 16.2. The fourth-order valence-electron chi connectivity index (χ4n) is 2.15. The third-order valence-corrected chi connectivity index (χ3v) is 3.57. The fourth-order valence-corrected chi connectivity index (χ4v) is 2.15. The van der Waals surface area contributed by atoms with Crippen molar-refractivity contribution >= 4 is 5.91 Å². The molecule has 0 saturated carbocycles. The zero-order chi connectivity index (χ0) is 15.2. The highest BCUT2D eigenvalue weighted by molar-refractivity contribution is 5.92. The lowest BCUT2D eigenvalue weighted by molar-refractivity contribution is 0.0746. The Balaban J connectivity index is 2.16. The number of nitrogens with zero attached hydrogens (tertiary/aromatic N) is 2. The molecule has 0 atom stereocenters. The number of pyridine rings is 1. The Kier molecular flexibility index (Phi) is 5.06. The van der Waals surface area contributed by atoms with E-state index in [-0.39, 0.29) is 5.91 Å². The summed E-state index contributed by atoms with van der Waals surface area (Å²) in [7, 11) is 0. The van der Waals surface area contributed by atoms with Gasteiger partial charge in [-0.25, -0.2) is 0 Å². The van der Waals surface area contributed by atoms with Gasteiger partial charge in [-0.05, 0) is 36.6 Å². The first-order chi connectivity index (χ1) is 10.2. The van der Waals surface area contributed by atoms with Crippen LogP contribution in [0.1, 0.15) is 34.1 Å². The lowest BCUT2D eigenvalue weighted by atomic mass is 10.1. The van der Waals surface area contributed by atoms with Crippen LogP contribution in [0.15, 0.2) is 42.6 Å². The van der Waals surface area contributed by atoms with Gasteiger partial charge >= 0.3 is 0 Å². The maximum atomic E-state index is 12.5. The van der Waals surface area contributed by atoms with Crippen LogP contribution in [-0.4, -0.2) is 22.3 Å². The second kappa shape index (κ2) is 6.99. The molecule has 1 amide bonds. The maximum Gasteiger partial charge on any atom is 0.272 e. The SMILES string of the molecule is CCN(Cc1ccccc1C)C(=O)c1ccc(CN)cn1. The van der Waals surface area contributed by atoms with Gasteiger partial charge in [-0.3, -0.25) is 9.78 Å². The molecule has 0 unspecified atom stereocenters. The Morgan fingerprint density at radius 3 is 2.57 bits per heavy atom. The number of rotatable bonds is 5. The zero-order valence-electron chi connectivity index (χ0n) is 12.5. The van der Waals surface area contributed by atoms with Crippen LogP contribution >= 0.6 is 0 Å². The average Bonchev–Trinajstić information content (AvgIpc) is 2.53. The molecular weight excluding hydrogens is 262 g/mol. The average molecular weight is 283 g/mol. The highest BCUT2D eigenvalue weighted by Gasteiger charge is 2.16. The molecule has 0 aliphatic rings. The van der Waals surface area contributed by atoms with Gasteiger partial charge in [0.2, 0.25) is 0 Å². The van der Waals surface area contributed by atoms with Crippen molar-refractivity contribution in [3.63, 3.8) is 0 Å². The first-order valence-corrected chi connectivity index (χ1v) is 7.14. The predicted molar refractivity (Wildman–Crippen MR) is 83.7 cm³/mol.